The van der Waals surface area contributed by atoms with Gasteiger partial charge in [-0.05, 0) is 19.3 Å². The van der Waals surface area contributed by atoms with E-state index in [1.807, 2.05) is 0 Å². The summed E-state index contributed by atoms with van der Waals surface area (Å²) in [6.45, 7) is 6.59. The van der Waals surface area contributed by atoms with E-state index in [1.165, 1.54) is 44.9 Å². The van der Waals surface area contributed by atoms with Crippen LogP contribution in [0.3, 0.4) is 0 Å². The van der Waals surface area contributed by atoms with E-state index in [0.717, 1.165) is 38.5 Å². The molecule has 3 heteroatoms. The summed E-state index contributed by atoms with van der Waals surface area (Å²) in [5.74, 6) is 0. The molecule has 0 radical (unpaired) electrons. The summed E-state index contributed by atoms with van der Waals surface area (Å²) in [7, 11) is -2.93. The van der Waals surface area contributed by atoms with Gasteiger partial charge < -0.3 is 4.89 Å². The van der Waals surface area contributed by atoms with E-state index >= 15 is 0 Å². The van der Waals surface area contributed by atoms with Crippen molar-refractivity contribution >= 4 is 7.37 Å². The van der Waals surface area contributed by atoms with Gasteiger partial charge in [0, 0.05) is 11.8 Å². The summed E-state index contributed by atoms with van der Waals surface area (Å²) in [5, 5.41) is 0. The quantitative estimate of drug-likeness (QED) is 0.267. The Bertz CT molecular complexity index is 266. The Labute approximate surface area is 133 Å². The predicted molar refractivity (Wildman–Crippen MR) is 95.5 cm³/mol. The first-order chi connectivity index (χ1) is 10.1. The maximum absolute atomic E-state index is 12.7. The van der Waals surface area contributed by atoms with E-state index < -0.39 is 7.37 Å². The number of rotatable bonds is 15. The summed E-state index contributed by atoms with van der Waals surface area (Å²) in [5.41, 5.74) is 0.0718. The van der Waals surface area contributed by atoms with E-state index in [1.54, 1.807) is 0 Å². The highest BCUT2D eigenvalue weighted by atomic mass is 31.2. The average Bonchev–Trinajstić information content (AvgIpc) is 2.46. The van der Waals surface area contributed by atoms with Crippen LogP contribution in [0.25, 0.3) is 0 Å². The minimum atomic E-state index is -2.93. The van der Waals surface area contributed by atoms with Gasteiger partial charge in [0.25, 0.3) is 0 Å². The highest BCUT2D eigenvalue weighted by Gasteiger charge is 2.29. The van der Waals surface area contributed by atoms with Gasteiger partial charge in [0.2, 0.25) is 7.37 Å². The fraction of sp³-hybridized carbons (Fsp3) is 1.00. The molecule has 2 atom stereocenters. The molecule has 0 spiro atoms. The van der Waals surface area contributed by atoms with Crippen molar-refractivity contribution in [1.82, 2.24) is 0 Å². The highest BCUT2D eigenvalue weighted by Crippen LogP contribution is 2.51. The molecular formula is C18H39O2P. The zero-order valence-corrected chi connectivity index (χ0v) is 15.7. The first-order valence-corrected chi connectivity index (χ1v) is 11.3. The summed E-state index contributed by atoms with van der Waals surface area (Å²) >= 11 is 0. The molecule has 0 aliphatic heterocycles. The molecule has 128 valence electrons. The van der Waals surface area contributed by atoms with Crippen LogP contribution in [0.4, 0.5) is 0 Å². The minimum Gasteiger partial charge on any atom is -0.344 e. The van der Waals surface area contributed by atoms with Crippen molar-refractivity contribution in [3.05, 3.63) is 0 Å². The Balaban J connectivity index is 4.26. The summed E-state index contributed by atoms with van der Waals surface area (Å²) in [6, 6.07) is 0. The van der Waals surface area contributed by atoms with Gasteiger partial charge in [-0.3, -0.25) is 4.57 Å². The molecule has 0 bridgehead atoms. The molecule has 2 unspecified atom stereocenters. The Morgan fingerprint density at radius 1 is 0.714 bits per heavy atom. The van der Waals surface area contributed by atoms with Gasteiger partial charge in [0.15, 0.2) is 0 Å². The van der Waals surface area contributed by atoms with E-state index in [0.29, 0.717) is 6.16 Å². The largest absolute Gasteiger partial charge is 0.344 e. The third-order valence-electron chi connectivity index (χ3n) is 4.43. The maximum Gasteiger partial charge on any atom is 0.203 e. The van der Waals surface area contributed by atoms with Crippen LogP contribution in [0.15, 0.2) is 0 Å². The van der Waals surface area contributed by atoms with Gasteiger partial charge in [-0.25, -0.2) is 0 Å². The lowest BCUT2D eigenvalue weighted by molar-refractivity contribution is 0.438. The van der Waals surface area contributed by atoms with Crippen molar-refractivity contribution in [1.29, 1.82) is 0 Å². The maximum atomic E-state index is 12.7. The molecule has 21 heavy (non-hydrogen) atoms. The topological polar surface area (TPSA) is 37.3 Å². The molecule has 0 saturated carbocycles. The molecule has 0 heterocycles. The number of hydrogen-bond acceptors (Lipinski definition) is 1. The van der Waals surface area contributed by atoms with Crippen molar-refractivity contribution in [2.75, 3.05) is 6.16 Å². The van der Waals surface area contributed by atoms with Crippen molar-refractivity contribution in [3.63, 3.8) is 0 Å². The lowest BCUT2D eigenvalue weighted by atomic mass is 10.1. The number of hydrogen-bond donors (Lipinski definition) is 1. The zero-order valence-electron chi connectivity index (χ0n) is 14.8. The second-order valence-electron chi connectivity index (χ2n) is 6.54. The van der Waals surface area contributed by atoms with Crippen LogP contribution in [-0.4, -0.2) is 16.7 Å². The third-order valence-corrected chi connectivity index (χ3v) is 7.05. The molecule has 0 aliphatic rings. The van der Waals surface area contributed by atoms with Gasteiger partial charge in [0.1, 0.15) is 0 Å². The van der Waals surface area contributed by atoms with Crippen LogP contribution in [0.2, 0.25) is 0 Å². The van der Waals surface area contributed by atoms with Crippen LogP contribution in [0.5, 0.6) is 0 Å². The monoisotopic (exact) mass is 318 g/mol. The van der Waals surface area contributed by atoms with E-state index in [4.69, 9.17) is 0 Å². The fourth-order valence-corrected chi connectivity index (χ4v) is 5.15. The van der Waals surface area contributed by atoms with Crippen molar-refractivity contribution in [3.8, 4) is 0 Å². The van der Waals surface area contributed by atoms with Gasteiger partial charge in [-0.2, -0.15) is 0 Å². The van der Waals surface area contributed by atoms with Crippen LogP contribution in [0.1, 0.15) is 104 Å². The van der Waals surface area contributed by atoms with E-state index in [-0.39, 0.29) is 5.66 Å². The van der Waals surface area contributed by atoms with Crippen LogP contribution in [-0.2, 0) is 4.57 Å². The number of unbranched alkanes of at least 4 members (excludes halogenated alkanes) is 8. The Kier molecular flexibility index (Phi) is 14.0. The predicted octanol–water partition coefficient (Wildman–Crippen LogP) is 6.76. The minimum absolute atomic E-state index is 0.0718. The fourth-order valence-electron chi connectivity index (χ4n) is 2.93. The molecule has 0 aromatic rings. The van der Waals surface area contributed by atoms with Crippen molar-refractivity contribution in [2.45, 2.75) is 110 Å². The molecule has 0 aliphatic carbocycles. The second kappa shape index (κ2) is 13.8. The first-order valence-electron chi connectivity index (χ1n) is 9.39. The lowest BCUT2D eigenvalue weighted by Crippen LogP contribution is -2.11. The Hall–Kier alpha value is 0.190. The molecule has 0 saturated heterocycles. The van der Waals surface area contributed by atoms with Gasteiger partial charge in [0.05, 0.1) is 0 Å². The molecule has 0 amide bonds. The van der Waals surface area contributed by atoms with Crippen LogP contribution in [0, 0.1) is 0 Å². The molecular weight excluding hydrogens is 279 g/mol. The van der Waals surface area contributed by atoms with E-state index in [9.17, 15) is 9.46 Å². The van der Waals surface area contributed by atoms with E-state index in [2.05, 4.69) is 20.8 Å². The standard InChI is InChI=1S/C18H39O2P/c1-4-7-10-13-16-18(15-12-9-6-3)21(19,20)17-14-11-8-5-2/h18H,4-17H2,1-3H3,(H,19,20). The molecule has 0 rings (SSSR count). The molecule has 0 aromatic carbocycles. The van der Waals surface area contributed by atoms with Crippen LogP contribution < -0.4 is 0 Å². The smallest absolute Gasteiger partial charge is 0.203 e. The van der Waals surface area contributed by atoms with Crippen LogP contribution >= 0.6 is 7.37 Å². The second-order valence-corrected chi connectivity index (χ2v) is 9.23. The third kappa shape index (κ3) is 11.4. The summed E-state index contributed by atoms with van der Waals surface area (Å²) in [6.07, 6.45) is 15.2. The average molecular weight is 318 g/mol. The van der Waals surface area contributed by atoms with Gasteiger partial charge in [-0.15, -0.1) is 0 Å². The zero-order chi connectivity index (χ0) is 16.0. The molecule has 0 aromatic heterocycles. The molecule has 1 N–H and O–H groups in total. The van der Waals surface area contributed by atoms with Gasteiger partial charge >= 0.3 is 0 Å². The Morgan fingerprint density at radius 3 is 1.67 bits per heavy atom. The highest BCUT2D eigenvalue weighted by molar-refractivity contribution is 7.58. The molecule has 0 fully saturated rings. The molecule has 2 nitrogen and oxygen atoms in total. The van der Waals surface area contributed by atoms with Crippen molar-refractivity contribution < 1.29 is 9.46 Å². The lowest BCUT2D eigenvalue weighted by Gasteiger charge is -2.23. The summed E-state index contributed by atoms with van der Waals surface area (Å²) in [4.78, 5) is 10.5. The normalized spacial score (nSPS) is 15.8. The summed E-state index contributed by atoms with van der Waals surface area (Å²) < 4.78 is 12.7. The SMILES string of the molecule is CCCCCCC(CCCCC)P(=O)(O)CCCCCC. The Morgan fingerprint density at radius 2 is 1.14 bits per heavy atom. The van der Waals surface area contributed by atoms with Gasteiger partial charge in [-0.1, -0.05) is 85.0 Å². The first kappa shape index (κ1) is 21.2. The van der Waals surface area contributed by atoms with Crippen molar-refractivity contribution in [2.24, 2.45) is 0 Å².